The molecule has 21 heavy (non-hydrogen) atoms. The Morgan fingerprint density at radius 2 is 1.76 bits per heavy atom. The third kappa shape index (κ3) is 4.30. The van der Waals surface area contributed by atoms with Gasteiger partial charge in [0.1, 0.15) is 11.6 Å². The first-order valence-corrected chi connectivity index (χ1v) is 5.97. The number of ether oxygens (including phenoxy) is 1. The maximum absolute atomic E-state index is 13.4. The standard InChI is InChI=1S/C15H10F4O2/c16-13-7-2-1-4-10(13)9-14(20)11-5-3-6-12(8-11)21-15(17,18)19/h1-8H,9H2. The zero-order valence-electron chi connectivity index (χ0n) is 10.7. The topological polar surface area (TPSA) is 26.3 Å². The maximum atomic E-state index is 13.4. The Kier molecular flexibility index (Phi) is 4.26. The summed E-state index contributed by atoms with van der Waals surface area (Å²) in [5.41, 5.74) is 0.213. The molecule has 0 aliphatic rings. The van der Waals surface area contributed by atoms with Gasteiger partial charge in [0.25, 0.3) is 0 Å². The van der Waals surface area contributed by atoms with Crippen molar-refractivity contribution in [3.63, 3.8) is 0 Å². The molecule has 0 aliphatic heterocycles. The lowest BCUT2D eigenvalue weighted by Crippen LogP contribution is -2.17. The minimum Gasteiger partial charge on any atom is -0.406 e. The molecule has 0 saturated heterocycles. The number of rotatable bonds is 4. The van der Waals surface area contributed by atoms with Crippen LogP contribution in [0.1, 0.15) is 15.9 Å². The van der Waals surface area contributed by atoms with Gasteiger partial charge >= 0.3 is 6.36 Å². The van der Waals surface area contributed by atoms with Crippen LogP contribution in [0, 0.1) is 5.82 Å². The summed E-state index contributed by atoms with van der Waals surface area (Å²) in [7, 11) is 0. The molecule has 0 unspecified atom stereocenters. The summed E-state index contributed by atoms with van der Waals surface area (Å²) < 4.78 is 53.5. The summed E-state index contributed by atoms with van der Waals surface area (Å²) in [6.07, 6.45) is -5.06. The van der Waals surface area contributed by atoms with Gasteiger partial charge in [-0.25, -0.2) is 4.39 Å². The molecule has 0 saturated carbocycles. The second-order valence-electron chi connectivity index (χ2n) is 4.27. The Balaban J connectivity index is 2.16. The highest BCUT2D eigenvalue weighted by Gasteiger charge is 2.31. The Morgan fingerprint density at radius 3 is 2.43 bits per heavy atom. The van der Waals surface area contributed by atoms with Gasteiger partial charge in [0.05, 0.1) is 0 Å². The quantitative estimate of drug-likeness (QED) is 0.626. The van der Waals surface area contributed by atoms with E-state index in [-0.39, 0.29) is 17.5 Å². The molecular weight excluding hydrogens is 288 g/mol. The summed E-state index contributed by atoms with van der Waals surface area (Å²) in [6, 6.07) is 10.4. The number of hydrogen-bond donors (Lipinski definition) is 0. The molecule has 6 heteroatoms. The van der Waals surface area contributed by atoms with E-state index in [4.69, 9.17) is 0 Å². The monoisotopic (exact) mass is 298 g/mol. The molecule has 2 rings (SSSR count). The van der Waals surface area contributed by atoms with Crippen LogP contribution in [-0.2, 0) is 6.42 Å². The van der Waals surface area contributed by atoms with Crippen molar-refractivity contribution in [1.29, 1.82) is 0 Å². The maximum Gasteiger partial charge on any atom is 0.573 e. The van der Waals surface area contributed by atoms with Crippen molar-refractivity contribution in [3.05, 3.63) is 65.5 Å². The number of Topliss-reactive ketones (excluding diaryl/α,β-unsaturated/α-hetero) is 1. The number of ketones is 1. The van der Waals surface area contributed by atoms with Crippen LogP contribution in [0.5, 0.6) is 5.75 Å². The normalized spacial score (nSPS) is 11.2. The smallest absolute Gasteiger partial charge is 0.406 e. The molecule has 0 N–H and O–H groups in total. The molecule has 0 amide bonds. The molecule has 0 bridgehead atoms. The molecule has 0 atom stereocenters. The Labute approximate surface area is 118 Å². The van der Waals surface area contributed by atoms with E-state index in [1.807, 2.05) is 0 Å². The summed E-state index contributed by atoms with van der Waals surface area (Å²) in [5, 5.41) is 0. The summed E-state index contributed by atoms with van der Waals surface area (Å²) in [6.45, 7) is 0. The Morgan fingerprint density at radius 1 is 1.05 bits per heavy atom. The summed E-state index contributed by atoms with van der Waals surface area (Å²) >= 11 is 0. The van der Waals surface area contributed by atoms with Crippen LogP contribution >= 0.6 is 0 Å². The molecule has 2 aromatic rings. The molecule has 0 spiro atoms. The van der Waals surface area contributed by atoms with Crippen molar-refractivity contribution in [3.8, 4) is 5.75 Å². The number of benzene rings is 2. The van der Waals surface area contributed by atoms with E-state index >= 15 is 0 Å². The van der Waals surface area contributed by atoms with Gasteiger partial charge in [0.15, 0.2) is 5.78 Å². The Bertz CT molecular complexity index is 650. The van der Waals surface area contributed by atoms with E-state index in [1.165, 1.54) is 30.3 Å². The average molecular weight is 298 g/mol. The van der Waals surface area contributed by atoms with Gasteiger partial charge in [-0.05, 0) is 23.8 Å². The van der Waals surface area contributed by atoms with Crippen LogP contribution in [0.15, 0.2) is 48.5 Å². The van der Waals surface area contributed by atoms with Crippen molar-refractivity contribution in [2.45, 2.75) is 12.8 Å². The number of hydrogen-bond acceptors (Lipinski definition) is 2. The minimum atomic E-state index is -4.83. The lowest BCUT2D eigenvalue weighted by Gasteiger charge is -2.09. The molecule has 2 aromatic carbocycles. The Hall–Kier alpha value is -2.37. The largest absolute Gasteiger partial charge is 0.573 e. The van der Waals surface area contributed by atoms with Crippen molar-refractivity contribution < 1.29 is 27.1 Å². The molecule has 0 aliphatic carbocycles. The van der Waals surface area contributed by atoms with Crippen LogP contribution in [0.3, 0.4) is 0 Å². The van der Waals surface area contributed by atoms with Crippen LogP contribution in [0.2, 0.25) is 0 Å². The first-order valence-electron chi connectivity index (χ1n) is 5.97. The van der Waals surface area contributed by atoms with E-state index < -0.39 is 23.7 Å². The highest BCUT2D eigenvalue weighted by atomic mass is 19.4. The second kappa shape index (κ2) is 5.95. The van der Waals surface area contributed by atoms with Crippen LogP contribution in [0.25, 0.3) is 0 Å². The van der Waals surface area contributed by atoms with Crippen molar-refractivity contribution in [1.82, 2.24) is 0 Å². The lowest BCUT2D eigenvalue weighted by atomic mass is 10.0. The highest BCUT2D eigenvalue weighted by molar-refractivity contribution is 5.97. The van der Waals surface area contributed by atoms with Gasteiger partial charge in [-0.1, -0.05) is 30.3 Å². The van der Waals surface area contributed by atoms with Crippen LogP contribution in [0.4, 0.5) is 17.6 Å². The van der Waals surface area contributed by atoms with Gasteiger partial charge < -0.3 is 4.74 Å². The number of carbonyl (C=O) groups excluding carboxylic acids is 1. The van der Waals surface area contributed by atoms with E-state index in [0.717, 1.165) is 12.1 Å². The minimum absolute atomic E-state index is 0.0278. The second-order valence-corrected chi connectivity index (χ2v) is 4.27. The third-order valence-corrected chi connectivity index (χ3v) is 2.70. The zero-order chi connectivity index (χ0) is 15.5. The van der Waals surface area contributed by atoms with Gasteiger partial charge in [0, 0.05) is 12.0 Å². The van der Waals surface area contributed by atoms with E-state index in [9.17, 15) is 22.4 Å². The SMILES string of the molecule is O=C(Cc1ccccc1F)c1cccc(OC(F)(F)F)c1. The first kappa shape index (κ1) is 15.0. The summed E-state index contributed by atoms with van der Waals surface area (Å²) in [4.78, 5) is 12.0. The lowest BCUT2D eigenvalue weighted by molar-refractivity contribution is -0.274. The fourth-order valence-electron chi connectivity index (χ4n) is 1.78. The van der Waals surface area contributed by atoms with E-state index in [0.29, 0.717) is 0 Å². The van der Waals surface area contributed by atoms with Gasteiger partial charge in [-0.15, -0.1) is 13.2 Å². The average Bonchev–Trinajstić information content (AvgIpc) is 2.39. The summed E-state index contributed by atoms with van der Waals surface area (Å²) in [5.74, 6) is -1.51. The number of carbonyl (C=O) groups is 1. The fraction of sp³-hybridized carbons (Fsp3) is 0.133. The molecule has 110 valence electrons. The molecule has 0 aromatic heterocycles. The highest BCUT2D eigenvalue weighted by Crippen LogP contribution is 2.24. The van der Waals surface area contributed by atoms with Crippen molar-refractivity contribution in [2.75, 3.05) is 0 Å². The first-order chi connectivity index (χ1) is 9.85. The predicted octanol–water partition coefficient (Wildman–Crippen LogP) is 4.15. The van der Waals surface area contributed by atoms with Crippen LogP contribution < -0.4 is 4.74 Å². The molecule has 0 heterocycles. The van der Waals surface area contributed by atoms with Crippen molar-refractivity contribution in [2.24, 2.45) is 0 Å². The fourth-order valence-corrected chi connectivity index (χ4v) is 1.78. The zero-order valence-corrected chi connectivity index (χ0v) is 10.7. The number of alkyl halides is 3. The molecule has 2 nitrogen and oxygen atoms in total. The third-order valence-electron chi connectivity index (χ3n) is 2.70. The van der Waals surface area contributed by atoms with Gasteiger partial charge in [0.2, 0.25) is 0 Å². The van der Waals surface area contributed by atoms with Gasteiger partial charge in [-0.2, -0.15) is 0 Å². The van der Waals surface area contributed by atoms with E-state index in [2.05, 4.69) is 4.74 Å². The van der Waals surface area contributed by atoms with Crippen LogP contribution in [-0.4, -0.2) is 12.1 Å². The molecule has 0 radical (unpaired) electrons. The number of halogens is 4. The van der Waals surface area contributed by atoms with E-state index in [1.54, 1.807) is 6.07 Å². The predicted molar refractivity (Wildman–Crippen MR) is 67.6 cm³/mol. The van der Waals surface area contributed by atoms with Crippen molar-refractivity contribution >= 4 is 5.78 Å². The molecular formula is C15H10F4O2. The molecule has 0 fully saturated rings. The van der Waals surface area contributed by atoms with Gasteiger partial charge in [-0.3, -0.25) is 4.79 Å².